The molecule has 26 heavy (non-hydrogen) atoms. The van der Waals surface area contributed by atoms with Gasteiger partial charge in [0, 0.05) is 12.1 Å². The number of nitrogens with zero attached hydrogens (tertiary/aromatic N) is 2. The van der Waals surface area contributed by atoms with Crippen molar-refractivity contribution in [1.82, 2.24) is 15.5 Å². The molecule has 0 radical (unpaired) electrons. The van der Waals surface area contributed by atoms with Crippen LogP contribution in [0.1, 0.15) is 44.6 Å². The quantitative estimate of drug-likeness (QED) is 0.572. The van der Waals surface area contributed by atoms with Crippen molar-refractivity contribution in [1.29, 1.82) is 0 Å². The van der Waals surface area contributed by atoms with E-state index in [0.717, 1.165) is 12.0 Å². The molecule has 1 aliphatic carbocycles. The largest absolute Gasteiger partial charge is 0.411 e. The lowest BCUT2D eigenvalue weighted by atomic mass is 9.97. The van der Waals surface area contributed by atoms with Gasteiger partial charge in [-0.1, -0.05) is 41.1 Å². The Morgan fingerprint density at radius 3 is 2.81 bits per heavy atom. The van der Waals surface area contributed by atoms with E-state index in [4.69, 9.17) is 4.42 Å². The summed E-state index contributed by atoms with van der Waals surface area (Å²) >= 11 is 1.29. The third-order valence-corrected chi connectivity index (χ3v) is 5.42. The number of allylic oxidation sites excluding steroid dienone is 1. The molecule has 1 amide bonds. The van der Waals surface area contributed by atoms with Gasteiger partial charge in [-0.25, -0.2) is 0 Å². The molecule has 5 nitrogen and oxygen atoms in total. The van der Waals surface area contributed by atoms with Gasteiger partial charge in [0.1, 0.15) is 0 Å². The van der Waals surface area contributed by atoms with E-state index in [1.54, 1.807) is 0 Å². The lowest BCUT2D eigenvalue weighted by Gasteiger charge is -2.14. The van der Waals surface area contributed by atoms with Crippen LogP contribution < -0.4 is 5.32 Å². The molecule has 6 heteroatoms. The fraction of sp³-hybridized carbons (Fsp3) is 0.450. The minimum absolute atomic E-state index is 0.00138. The van der Waals surface area contributed by atoms with E-state index in [1.807, 2.05) is 38.1 Å². The second-order valence-corrected chi connectivity index (χ2v) is 7.94. The van der Waals surface area contributed by atoms with E-state index in [0.29, 0.717) is 17.7 Å². The average Bonchev–Trinajstić information content (AvgIpc) is 3.11. The van der Waals surface area contributed by atoms with Crippen LogP contribution in [0.3, 0.4) is 0 Å². The van der Waals surface area contributed by atoms with E-state index in [2.05, 4.69) is 21.6 Å². The van der Waals surface area contributed by atoms with Crippen LogP contribution in [-0.2, 0) is 4.79 Å². The van der Waals surface area contributed by atoms with Gasteiger partial charge in [0.25, 0.3) is 5.22 Å². The lowest BCUT2D eigenvalue weighted by Crippen LogP contribution is -2.31. The van der Waals surface area contributed by atoms with Crippen LogP contribution in [0.2, 0.25) is 0 Å². The smallest absolute Gasteiger partial charge is 0.277 e. The molecule has 1 heterocycles. The van der Waals surface area contributed by atoms with Gasteiger partial charge in [0.2, 0.25) is 11.8 Å². The fourth-order valence-electron chi connectivity index (χ4n) is 2.90. The van der Waals surface area contributed by atoms with Gasteiger partial charge in [0.05, 0.1) is 5.25 Å². The van der Waals surface area contributed by atoms with Crippen molar-refractivity contribution in [3.8, 4) is 11.5 Å². The van der Waals surface area contributed by atoms with Gasteiger partial charge >= 0.3 is 0 Å². The van der Waals surface area contributed by atoms with Crippen molar-refractivity contribution < 1.29 is 9.21 Å². The summed E-state index contributed by atoms with van der Waals surface area (Å²) in [7, 11) is 0. The summed E-state index contributed by atoms with van der Waals surface area (Å²) in [5.74, 6) is 0.478. The monoisotopic (exact) mass is 371 g/mol. The first-order chi connectivity index (χ1) is 12.6. The van der Waals surface area contributed by atoms with Gasteiger partial charge in [-0.05, 0) is 58.1 Å². The zero-order valence-corrected chi connectivity index (χ0v) is 16.1. The van der Waals surface area contributed by atoms with Crippen LogP contribution in [0, 0.1) is 6.92 Å². The van der Waals surface area contributed by atoms with Gasteiger partial charge in [-0.3, -0.25) is 4.79 Å². The molecule has 3 rings (SSSR count). The molecule has 1 aliphatic rings. The molecule has 0 saturated carbocycles. The number of carbonyl (C=O) groups excluding carboxylic acids is 1. The number of aromatic nitrogens is 2. The number of rotatable bonds is 7. The highest BCUT2D eigenvalue weighted by molar-refractivity contribution is 8.00. The van der Waals surface area contributed by atoms with Crippen molar-refractivity contribution in [3.05, 3.63) is 41.5 Å². The van der Waals surface area contributed by atoms with Crippen LogP contribution in [0.4, 0.5) is 0 Å². The van der Waals surface area contributed by atoms with Crippen LogP contribution in [0.25, 0.3) is 11.5 Å². The number of benzene rings is 1. The Bertz CT molecular complexity index is 768. The molecular formula is C20H25N3O2S. The summed E-state index contributed by atoms with van der Waals surface area (Å²) in [6.07, 6.45) is 8.17. The highest BCUT2D eigenvalue weighted by atomic mass is 32.2. The van der Waals surface area contributed by atoms with Crippen molar-refractivity contribution in [3.63, 3.8) is 0 Å². The Labute approximate surface area is 158 Å². The molecule has 1 aromatic heterocycles. The average molecular weight is 372 g/mol. The maximum Gasteiger partial charge on any atom is 0.277 e. The summed E-state index contributed by atoms with van der Waals surface area (Å²) in [4.78, 5) is 12.3. The predicted molar refractivity (Wildman–Crippen MR) is 104 cm³/mol. The highest BCUT2D eigenvalue weighted by Gasteiger charge is 2.18. The third kappa shape index (κ3) is 5.21. The van der Waals surface area contributed by atoms with E-state index in [-0.39, 0.29) is 11.2 Å². The van der Waals surface area contributed by atoms with Crippen LogP contribution >= 0.6 is 11.8 Å². The normalized spacial score (nSPS) is 15.4. The van der Waals surface area contributed by atoms with Crippen LogP contribution in [-0.4, -0.2) is 27.9 Å². The first-order valence-electron chi connectivity index (χ1n) is 9.14. The second-order valence-electron chi connectivity index (χ2n) is 6.65. The maximum atomic E-state index is 12.3. The molecule has 0 saturated heterocycles. The molecule has 0 fully saturated rings. The molecule has 1 aromatic carbocycles. The van der Waals surface area contributed by atoms with E-state index in [1.165, 1.54) is 48.6 Å². The van der Waals surface area contributed by atoms with Gasteiger partial charge in [-0.2, -0.15) is 0 Å². The number of hydrogen-bond acceptors (Lipinski definition) is 5. The summed E-state index contributed by atoms with van der Waals surface area (Å²) in [6, 6.07) is 7.91. The summed E-state index contributed by atoms with van der Waals surface area (Å²) in [6.45, 7) is 4.58. The van der Waals surface area contributed by atoms with Crippen LogP contribution in [0.15, 0.2) is 45.6 Å². The molecule has 138 valence electrons. The van der Waals surface area contributed by atoms with Crippen molar-refractivity contribution in [2.24, 2.45) is 0 Å². The van der Waals surface area contributed by atoms with Crippen LogP contribution in [0.5, 0.6) is 0 Å². The van der Waals surface area contributed by atoms with Crippen molar-refractivity contribution in [2.45, 2.75) is 56.4 Å². The molecule has 1 atom stereocenters. The lowest BCUT2D eigenvalue weighted by molar-refractivity contribution is -0.120. The maximum absolute atomic E-state index is 12.3. The number of nitrogens with one attached hydrogen (secondary N) is 1. The Kier molecular flexibility index (Phi) is 6.50. The van der Waals surface area contributed by atoms with Crippen molar-refractivity contribution >= 4 is 17.7 Å². The molecule has 0 aliphatic heterocycles. The summed E-state index contributed by atoms with van der Waals surface area (Å²) < 4.78 is 5.68. The van der Waals surface area contributed by atoms with Gasteiger partial charge in [0.15, 0.2) is 0 Å². The fourth-order valence-corrected chi connectivity index (χ4v) is 3.60. The first kappa shape index (κ1) is 18.7. The van der Waals surface area contributed by atoms with E-state index >= 15 is 0 Å². The number of amides is 1. The standard InChI is InChI=1S/C20H25N3O2S/c1-14-8-10-17(11-9-14)19-22-23-20(25-19)26-15(2)18(24)21-13-12-16-6-4-3-5-7-16/h6,8-11,15H,3-5,7,12-13H2,1-2H3,(H,21,24)/t15-/m1/s1. The summed E-state index contributed by atoms with van der Waals surface area (Å²) in [5, 5.41) is 11.3. The minimum Gasteiger partial charge on any atom is -0.411 e. The molecular weight excluding hydrogens is 346 g/mol. The molecule has 0 unspecified atom stereocenters. The molecule has 1 N–H and O–H groups in total. The Balaban J connectivity index is 1.48. The SMILES string of the molecule is Cc1ccc(-c2nnc(S[C@H](C)C(=O)NCCC3=CCCCC3)o2)cc1. The second kappa shape index (κ2) is 9.03. The molecule has 0 spiro atoms. The first-order valence-corrected chi connectivity index (χ1v) is 10.0. The number of carbonyl (C=O) groups is 1. The van der Waals surface area contributed by atoms with Crippen molar-refractivity contribution in [2.75, 3.05) is 6.54 Å². The predicted octanol–water partition coefficient (Wildman–Crippen LogP) is 4.53. The molecule has 2 aromatic rings. The van der Waals surface area contributed by atoms with Gasteiger partial charge < -0.3 is 9.73 Å². The van der Waals surface area contributed by atoms with E-state index in [9.17, 15) is 4.79 Å². The zero-order chi connectivity index (χ0) is 18.4. The Morgan fingerprint density at radius 1 is 1.27 bits per heavy atom. The molecule has 0 bridgehead atoms. The number of hydrogen-bond donors (Lipinski definition) is 1. The highest BCUT2D eigenvalue weighted by Crippen LogP contribution is 2.26. The summed E-state index contributed by atoms with van der Waals surface area (Å²) in [5.41, 5.74) is 3.53. The van der Waals surface area contributed by atoms with Gasteiger partial charge in [-0.15, -0.1) is 10.2 Å². The zero-order valence-electron chi connectivity index (χ0n) is 15.3. The number of aryl methyl sites for hydroxylation is 1. The minimum atomic E-state index is -0.276. The Morgan fingerprint density at radius 2 is 2.08 bits per heavy atom. The number of thioether (sulfide) groups is 1. The van der Waals surface area contributed by atoms with E-state index < -0.39 is 0 Å². The Hall–Kier alpha value is -2.08. The third-order valence-electron chi connectivity index (χ3n) is 4.48. The topological polar surface area (TPSA) is 68.0 Å².